The zero-order valence-corrected chi connectivity index (χ0v) is 14.6. The molecule has 2 N–H and O–H groups in total. The van der Waals surface area contributed by atoms with E-state index in [4.69, 9.17) is 0 Å². The Bertz CT molecular complexity index is 474. The van der Waals surface area contributed by atoms with Crippen molar-refractivity contribution in [3.8, 4) is 0 Å². The highest BCUT2D eigenvalue weighted by Gasteiger charge is 2.28. The van der Waals surface area contributed by atoms with Crippen molar-refractivity contribution in [3.63, 3.8) is 0 Å². The molecule has 3 unspecified atom stereocenters. The Morgan fingerprint density at radius 1 is 1.17 bits per heavy atom. The number of rotatable bonds is 6. The molecule has 1 saturated carbocycles. The number of benzene rings is 1. The Morgan fingerprint density at radius 3 is 2.74 bits per heavy atom. The second-order valence-corrected chi connectivity index (χ2v) is 6.95. The van der Waals surface area contributed by atoms with Crippen molar-refractivity contribution in [2.45, 2.75) is 51.0 Å². The van der Waals surface area contributed by atoms with Crippen LogP contribution in [0.3, 0.4) is 0 Å². The van der Waals surface area contributed by atoms with E-state index in [9.17, 15) is 4.79 Å². The molecule has 0 bridgehead atoms. The SMILES string of the molecule is Cl.O=C(CCC1CCNC1)NC1CCCC1Cc1ccccc1. The normalized spacial score (nSPS) is 26.7. The number of carbonyl (C=O) groups excluding carboxylic acids is 1. The van der Waals surface area contributed by atoms with E-state index in [2.05, 4.69) is 41.0 Å². The molecule has 1 saturated heterocycles. The van der Waals surface area contributed by atoms with Gasteiger partial charge >= 0.3 is 0 Å². The third-order valence-electron chi connectivity index (χ3n) is 5.29. The molecule has 1 aliphatic heterocycles. The minimum Gasteiger partial charge on any atom is -0.353 e. The van der Waals surface area contributed by atoms with Gasteiger partial charge in [-0.2, -0.15) is 0 Å². The van der Waals surface area contributed by atoms with Crippen LogP contribution in [0, 0.1) is 11.8 Å². The summed E-state index contributed by atoms with van der Waals surface area (Å²) in [6.45, 7) is 2.21. The molecule has 4 heteroatoms. The molecule has 1 aromatic rings. The first-order valence-corrected chi connectivity index (χ1v) is 8.85. The van der Waals surface area contributed by atoms with Crippen molar-refractivity contribution in [2.75, 3.05) is 13.1 Å². The standard InChI is InChI=1S/C19H28N2O.ClH/c22-19(10-9-16-11-12-20-14-16)21-18-8-4-7-17(18)13-15-5-2-1-3-6-15;/h1-3,5-6,16-18,20H,4,7-14H2,(H,21,22);1H. The Kier molecular flexibility index (Phi) is 7.38. The summed E-state index contributed by atoms with van der Waals surface area (Å²) in [5.74, 6) is 1.57. The first kappa shape index (κ1) is 18.3. The first-order valence-electron chi connectivity index (χ1n) is 8.85. The average Bonchev–Trinajstić information content (AvgIpc) is 3.19. The van der Waals surface area contributed by atoms with Crippen LogP contribution < -0.4 is 10.6 Å². The molecule has 0 radical (unpaired) electrons. The molecule has 2 fully saturated rings. The topological polar surface area (TPSA) is 41.1 Å². The lowest BCUT2D eigenvalue weighted by atomic mass is 9.94. The van der Waals surface area contributed by atoms with E-state index in [1.807, 2.05) is 0 Å². The fourth-order valence-electron chi connectivity index (χ4n) is 3.96. The quantitative estimate of drug-likeness (QED) is 0.836. The molecule has 1 amide bonds. The zero-order valence-electron chi connectivity index (χ0n) is 13.8. The molecule has 1 aliphatic carbocycles. The van der Waals surface area contributed by atoms with E-state index in [0.29, 0.717) is 24.3 Å². The fourth-order valence-corrected chi connectivity index (χ4v) is 3.96. The second kappa shape index (κ2) is 9.29. The molecule has 1 aromatic carbocycles. The number of nitrogens with one attached hydrogen (secondary N) is 2. The van der Waals surface area contributed by atoms with Gasteiger partial charge < -0.3 is 10.6 Å². The number of hydrogen-bond donors (Lipinski definition) is 2. The summed E-state index contributed by atoms with van der Waals surface area (Å²) in [4.78, 5) is 12.2. The van der Waals surface area contributed by atoms with Gasteiger partial charge in [-0.25, -0.2) is 0 Å². The molecule has 3 atom stereocenters. The van der Waals surface area contributed by atoms with Crippen LogP contribution in [0.1, 0.15) is 44.1 Å². The van der Waals surface area contributed by atoms with E-state index < -0.39 is 0 Å². The smallest absolute Gasteiger partial charge is 0.220 e. The molecular weight excluding hydrogens is 308 g/mol. The third-order valence-corrected chi connectivity index (χ3v) is 5.29. The summed E-state index contributed by atoms with van der Waals surface area (Å²) < 4.78 is 0. The zero-order chi connectivity index (χ0) is 15.2. The van der Waals surface area contributed by atoms with Gasteiger partial charge in [-0.15, -0.1) is 12.4 Å². The number of halogens is 1. The van der Waals surface area contributed by atoms with Crippen LogP contribution in [0.4, 0.5) is 0 Å². The monoisotopic (exact) mass is 336 g/mol. The van der Waals surface area contributed by atoms with Crippen molar-refractivity contribution < 1.29 is 4.79 Å². The molecule has 0 spiro atoms. The van der Waals surface area contributed by atoms with E-state index >= 15 is 0 Å². The fraction of sp³-hybridized carbons (Fsp3) is 0.632. The highest BCUT2D eigenvalue weighted by Crippen LogP contribution is 2.29. The van der Waals surface area contributed by atoms with Crippen LogP contribution in [0.5, 0.6) is 0 Å². The predicted octanol–water partition coefficient (Wildman–Crippen LogP) is 3.33. The summed E-state index contributed by atoms with van der Waals surface area (Å²) in [6, 6.07) is 11.1. The van der Waals surface area contributed by atoms with Gasteiger partial charge in [0.1, 0.15) is 0 Å². The van der Waals surface area contributed by atoms with Crippen molar-refractivity contribution in [2.24, 2.45) is 11.8 Å². The van der Waals surface area contributed by atoms with E-state index in [0.717, 1.165) is 32.4 Å². The Hall–Kier alpha value is -1.06. The maximum atomic E-state index is 12.2. The van der Waals surface area contributed by atoms with E-state index in [1.165, 1.54) is 24.8 Å². The van der Waals surface area contributed by atoms with Crippen LogP contribution in [-0.4, -0.2) is 25.0 Å². The molecule has 0 aromatic heterocycles. The van der Waals surface area contributed by atoms with Gasteiger partial charge in [-0.05, 0) is 62.6 Å². The lowest BCUT2D eigenvalue weighted by Gasteiger charge is -2.21. The molecule has 3 nitrogen and oxygen atoms in total. The Labute approximate surface area is 146 Å². The first-order chi connectivity index (χ1) is 10.8. The Balaban J connectivity index is 0.00000192. The van der Waals surface area contributed by atoms with E-state index in [1.54, 1.807) is 0 Å². The average molecular weight is 337 g/mol. The maximum absolute atomic E-state index is 12.2. The molecule has 3 rings (SSSR count). The molecule has 128 valence electrons. The largest absolute Gasteiger partial charge is 0.353 e. The van der Waals surface area contributed by atoms with Crippen LogP contribution >= 0.6 is 12.4 Å². The summed E-state index contributed by atoms with van der Waals surface area (Å²) in [5.41, 5.74) is 1.39. The molecule has 1 heterocycles. The van der Waals surface area contributed by atoms with Crippen LogP contribution in [0.25, 0.3) is 0 Å². The van der Waals surface area contributed by atoms with Crippen molar-refractivity contribution >= 4 is 18.3 Å². The van der Waals surface area contributed by atoms with Gasteiger partial charge in [-0.1, -0.05) is 36.8 Å². The molecular formula is C19H29ClN2O. The van der Waals surface area contributed by atoms with Crippen molar-refractivity contribution in [3.05, 3.63) is 35.9 Å². The molecule has 23 heavy (non-hydrogen) atoms. The number of amides is 1. The van der Waals surface area contributed by atoms with Crippen molar-refractivity contribution in [1.82, 2.24) is 10.6 Å². The minimum atomic E-state index is 0. The van der Waals surface area contributed by atoms with Gasteiger partial charge in [0.05, 0.1) is 0 Å². The number of hydrogen-bond acceptors (Lipinski definition) is 2. The lowest BCUT2D eigenvalue weighted by Crippen LogP contribution is -2.38. The lowest BCUT2D eigenvalue weighted by molar-refractivity contribution is -0.122. The summed E-state index contributed by atoms with van der Waals surface area (Å²) in [5, 5.41) is 6.69. The van der Waals surface area contributed by atoms with Gasteiger partial charge in [0.15, 0.2) is 0 Å². The highest BCUT2D eigenvalue weighted by atomic mass is 35.5. The van der Waals surface area contributed by atoms with Crippen molar-refractivity contribution in [1.29, 1.82) is 0 Å². The Morgan fingerprint density at radius 2 is 2.00 bits per heavy atom. The summed E-state index contributed by atoms with van der Waals surface area (Å²) >= 11 is 0. The van der Waals surface area contributed by atoms with Crippen LogP contribution in [0.2, 0.25) is 0 Å². The predicted molar refractivity (Wildman–Crippen MR) is 96.9 cm³/mol. The van der Waals surface area contributed by atoms with Gasteiger partial charge in [0.25, 0.3) is 0 Å². The second-order valence-electron chi connectivity index (χ2n) is 6.95. The molecule has 2 aliphatic rings. The van der Waals surface area contributed by atoms with Gasteiger partial charge in [0.2, 0.25) is 5.91 Å². The van der Waals surface area contributed by atoms with Gasteiger partial charge in [-0.3, -0.25) is 4.79 Å². The van der Waals surface area contributed by atoms with Gasteiger partial charge in [0, 0.05) is 12.5 Å². The van der Waals surface area contributed by atoms with Crippen LogP contribution in [0.15, 0.2) is 30.3 Å². The maximum Gasteiger partial charge on any atom is 0.220 e. The van der Waals surface area contributed by atoms with E-state index in [-0.39, 0.29) is 18.3 Å². The third kappa shape index (κ3) is 5.50. The summed E-state index contributed by atoms with van der Waals surface area (Å²) in [6.07, 6.45) is 7.69. The minimum absolute atomic E-state index is 0. The number of carbonyl (C=O) groups is 1. The summed E-state index contributed by atoms with van der Waals surface area (Å²) in [7, 11) is 0. The van der Waals surface area contributed by atoms with Crippen LogP contribution in [-0.2, 0) is 11.2 Å². The highest BCUT2D eigenvalue weighted by molar-refractivity contribution is 5.85.